The van der Waals surface area contributed by atoms with Crippen molar-refractivity contribution in [3.05, 3.63) is 146 Å². The molecule has 0 amide bonds. The van der Waals surface area contributed by atoms with E-state index in [0.29, 0.717) is 0 Å². The van der Waals surface area contributed by atoms with Crippen molar-refractivity contribution in [1.29, 1.82) is 0 Å². The molecule has 0 radical (unpaired) electrons. The molecular formula is C40H24. The quantitative estimate of drug-likeness (QED) is 0.205. The van der Waals surface area contributed by atoms with Gasteiger partial charge in [0.2, 0.25) is 0 Å². The van der Waals surface area contributed by atoms with Crippen LogP contribution in [0.3, 0.4) is 0 Å². The summed E-state index contributed by atoms with van der Waals surface area (Å²) in [5.41, 5.74) is 10.4. The van der Waals surface area contributed by atoms with Crippen molar-refractivity contribution in [2.24, 2.45) is 0 Å². The molecule has 0 fully saturated rings. The zero-order valence-corrected chi connectivity index (χ0v) is 21.9. The zero-order valence-electron chi connectivity index (χ0n) is 21.9. The zero-order chi connectivity index (χ0) is 26.2. The van der Waals surface area contributed by atoms with Crippen LogP contribution < -0.4 is 0 Å². The Morgan fingerprint density at radius 1 is 0.250 bits per heavy atom. The third kappa shape index (κ3) is 3.02. The summed E-state index contributed by atoms with van der Waals surface area (Å²) in [6.45, 7) is 0. The van der Waals surface area contributed by atoms with Crippen LogP contribution in [0.4, 0.5) is 0 Å². The van der Waals surface area contributed by atoms with Crippen LogP contribution in [0.2, 0.25) is 0 Å². The second-order valence-electron chi connectivity index (χ2n) is 10.9. The predicted octanol–water partition coefficient (Wildman–Crippen LogP) is 11.3. The number of hydrogen-bond donors (Lipinski definition) is 0. The van der Waals surface area contributed by atoms with E-state index in [1.807, 2.05) is 0 Å². The summed E-state index contributed by atoms with van der Waals surface area (Å²) in [5, 5.41) is 10.5. The normalized spacial score (nSPS) is 12.0. The number of hydrogen-bond acceptors (Lipinski definition) is 0. The molecule has 0 N–H and O–H groups in total. The number of fused-ring (bicyclic) bond motifs is 8. The number of rotatable bonds is 2. The van der Waals surface area contributed by atoms with Crippen molar-refractivity contribution in [1.82, 2.24) is 0 Å². The standard InChI is InChI=1S/C40H24/c1-2-10-31-26(8-1)20-21-29-23-37(34-13-5-6-14-35(34)39(29)31)27-18-16-25(17-19-27)30-22-28-9-7-15-36-32-11-3-4-12-33(32)38(24-30)40(28)36/h1-24H. The SMILES string of the molecule is c1ccc2c(c1)-c1cccc3cc(-c4ccc(-c5cc6ccc7ccccc7c6c6ccccc56)cc4)cc-2c13. The van der Waals surface area contributed by atoms with Crippen LogP contribution in [0.25, 0.3) is 87.6 Å². The topological polar surface area (TPSA) is 0 Å². The summed E-state index contributed by atoms with van der Waals surface area (Å²) < 4.78 is 0. The van der Waals surface area contributed by atoms with Gasteiger partial charge in [0.1, 0.15) is 0 Å². The highest BCUT2D eigenvalue weighted by atomic mass is 14.2. The Bertz CT molecular complexity index is 2300. The molecule has 0 saturated carbocycles. The summed E-state index contributed by atoms with van der Waals surface area (Å²) in [6.07, 6.45) is 0. The van der Waals surface area contributed by atoms with Crippen molar-refractivity contribution < 1.29 is 0 Å². The molecule has 184 valence electrons. The highest BCUT2D eigenvalue weighted by molar-refractivity contribution is 6.23. The molecule has 9 rings (SSSR count). The minimum absolute atomic E-state index is 1.24. The monoisotopic (exact) mass is 504 g/mol. The van der Waals surface area contributed by atoms with Gasteiger partial charge in [-0.2, -0.15) is 0 Å². The molecule has 0 saturated heterocycles. The first-order chi connectivity index (χ1) is 19.8. The Labute approximate surface area is 232 Å². The lowest BCUT2D eigenvalue weighted by Crippen LogP contribution is -1.87. The van der Waals surface area contributed by atoms with Crippen LogP contribution in [0.5, 0.6) is 0 Å². The van der Waals surface area contributed by atoms with E-state index < -0.39 is 0 Å². The molecule has 1 aliphatic carbocycles. The van der Waals surface area contributed by atoms with E-state index in [1.165, 1.54) is 87.6 Å². The molecule has 40 heavy (non-hydrogen) atoms. The van der Waals surface area contributed by atoms with Crippen LogP contribution in [0, 0.1) is 0 Å². The minimum atomic E-state index is 1.24. The summed E-state index contributed by atoms with van der Waals surface area (Å²) in [7, 11) is 0. The first-order valence-electron chi connectivity index (χ1n) is 13.9. The Balaban J connectivity index is 1.21. The van der Waals surface area contributed by atoms with Crippen molar-refractivity contribution >= 4 is 43.1 Å². The predicted molar refractivity (Wildman–Crippen MR) is 172 cm³/mol. The van der Waals surface area contributed by atoms with E-state index in [9.17, 15) is 0 Å². The summed E-state index contributed by atoms with van der Waals surface area (Å²) in [4.78, 5) is 0. The van der Waals surface area contributed by atoms with Crippen LogP contribution >= 0.6 is 0 Å². The molecule has 0 aliphatic heterocycles. The average molecular weight is 505 g/mol. The molecule has 8 aromatic carbocycles. The van der Waals surface area contributed by atoms with Gasteiger partial charge < -0.3 is 0 Å². The van der Waals surface area contributed by atoms with Gasteiger partial charge in [-0.25, -0.2) is 0 Å². The van der Waals surface area contributed by atoms with Gasteiger partial charge in [-0.05, 0) is 106 Å². The molecule has 8 aromatic rings. The van der Waals surface area contributed by atoms with E-state index in [0.717, 1.165) is 0 Å². The van der Waals surface area contributed by atoms with Gasteiger partial charge >= 0.3 is 0 Å². The van der Waals surface area contributed by atoms with Crippen molar-refractivity contribution in [2.45, 2.75) is 0 Å². The lowest BCUT2D eigenvalue weighted by molar-refractivity contribution is 1.63. The maximum Gasteiger partial charge on any atom is -0.00259 e. The first kappa shape index (κ1) is 21.7. The first-order valence-corrected chi connectivity index (χ1v) is 13.9. The largest absolute Gasteiger partial charge is 0.0616 e. The highest BCUT2D eigenvalue weighted by Gasteiger charge is 2.21. The molecule has 0 heteroatoms. The smallest absolute Gasteiger partial charge is 0.00259 e. The molecule has 0 atom stereocenters. The molecule has 0 spiro atoms. The molecular weight excluding hydrogens is 480 g/mol. The molecule has 0 nitrogen and oxygen atoms in total. The Kier molecular flexibility index (Phi) is 4.42. The fraction of sp³-hybridized carbons (Fsp3) is 0. The van der Waals surface area contributed by atoms with E-state index in [1.54, 1.807) is 0 Å². The third-order valence-corrected chi connectivity index (χ3v) is 8.76. The Morgan fingerprint density at radius 2 is 0.850 bits per heavy atom. The summed E-state index contributed by atoms with van der Waals surface area (Å²) in [6, 6.07) is 53.8. The van der Waals surface area contributed by atoms with Crippen molar-refractivity contribution in [3.63, 3.8) is 0 Å². The lowest BCUT2D eigenvalue weighted by atomic mass is 9.90. The van der Waals surface area contributed by atoms with Crippen molar-refractivity contribution in [2.75, 3.05) is 0 Å². The molecule has 0 bridgehead atoms. The third-order valence-electron chi connectivity index (χ3n) is 8.76. The summed E-state index contributed by atoms with van der Waals surface area (Å²) in [5.74, 6) is 0. The highest BCUT2D eigenvalue weighted by Crippen LogP contribution is 2.48. The second-order valence-corrected chi connectivity index (χ2v) is 10.9. The minimum Gasteiger partial charge on any atom is -0.0616 e. The van der Waals surface area contributed by atoms with Crippen molar-refractivity contribution in [3.8, 4) is 44.5 Å². The fourth-order valence-electron chi connectivity index (χ4n) is 6.94. The molecule has 0 unspecified atom stereocenters. The van der Waals surface area contributed by atoms with E-state index in [2.05, 4.69) is 146 Å². The van der Waals surface area contributed by atoms with Gasteiger partial charge in [-0.1, -0.05) is 127 Å². The lowest BCUT2D eigenvalue weighted by Gasteiger charge is -2.14. The van der Waals surface area contributed by atoms with Crippen LogP contribution in [-0.4, -0.2) is 0 Å². The fourth-order valence-corrected chi connectivity index (χ4v) is 6.94. The van der Waals surface area contributed by atoms with Gasteiger partial charge in [-0.3, -0.25) is 0 Å². The van der Waals surface area contributed by atoms with Gasteiger partial charge in [-0.15, -0.1) is 0 Å². The van der Waals surface area contributed by atoms with E-state index in [4.69, 9.17) is 0 Å². The van der Waals surface area contributed by atoms with Gasteiger partial charge in [0, 0.05) is 0 Å². The maximum absolute atomic E-state index is 2.38. The second kappa shape index (κ2) is 8.15. The van der Waals surface area contributed by atoms with Gasteiger partial charge in [0.15, 0.2) is 0 Å². The number of benzene rings is 8. The Morgan fingerprint density at radius 3 is 1.70 bits per heavy atom. The maximum atomic E-state index is 2.38. The average Bonchev–Trinajstić information content (AvgIpc) is 3.35. The van der Waals surface area contributed by atoms with Crippen LogP contribution in [0.1, 0.15) is 0 Å². The molecule has 1 aliphatic rings. The van der Waals surface area contributed by atoms with Gasteiger partial charge in [0.25, 0.3) is 0 Å². The van der Waals surface area contributed by atoms with E-state index >= 15 is 0 Å². The van der Waals surface area contributed by atoms with Gasteiger partial charge in [0.05, 0.1) is 0 Å². The van der Waals surface area contributed by atoms with E-state index in [-0.39, 0.29) is 0 Å². The van der Waals surface area contributed by atoms with Crippen LogP contribution in [0.15, 0.2) is 146 Å². The Hall–Kier alpha value is -5.20. The molecule has 0 heterocycles. The molecule has 0 aromatic heterocycles. The summed E-state index contributed by atoms with van der Waals surface area (Å²) >= 11 is 0. The van der Waals surface area contributed by atoms with Crippen LogP contribution in [-0.2, 0) is 0 Å².